The first-order valence-corrected chi connectivity index (χ1v) is 10.8. The van der Waals surface area contributed by atoms with Crippen LogP contribution in [0.4, 0.5) is 0 Å². The normalized spacial score (nSPS) is 10.7. The van der Waals surface area contributed by atoms with Crippen molar-refractivity contribution in [3.05, 3.63) is 76.3 Å². The lowest BCUT2D eigenvalue weighted by molar-refractivity contribution is -0.122. The van der Waals surface area contributed by atoms with Gasteiger partial charge in [0.15, 0.2) is 6.61 Å². The van der Waals surface area contributed by atoms with Gasteiger partial charge in [-0.1, -0.05) is 54.6 Å². The van der Waals surface area contributed by atoms with E-state index < -0.39 is 0 Å². The quantitative estimate of drug-likeness (QED) is 0.477. The number of carbonyl (C=O) groups excluding carboxylic acids is 1. The van der Waals surface area contributed by atoms with Gasteiger partial charge in [0.25, 0.3) is 5.91 Å². The molecule has 0 aromatic heterocycles. The molecular weight excluding hydrogens is 422 g/mol. The van der Waals surface area contributed by atoms with Gasteiger partial charge < -0.3 is 10.1 Å². The first-order chi connectivity index (χ1) is 13.1. The third-order valence-electron chi connectivity index (χ3n) is 4.27. The average molecular weight is 444 g/mol. The second-order valence-electron chi connectivity index (χ2n) is 6.22. The average Bonchev–Trinajstić information content (AvgIpc) is 2.69. The molecule has 0 aliphatic rings. The largest absolute Gasteiger partial charge is 0.483 e. The zero-order valence-electron chi connectivity index (χ0n) is 15.2. The van der Waals surface area contributed by atoms with Crippen molar-refractivity contribution in [2.45, 2.75) is 12.7 Å². The van der Waals surface area contributed by atoms with E-state index in [9.17, 15) is 4.79 Å². The highest BCUT2D eigenvalue weighted by Gasteiger charge is 2.08. The van der Waals surface area contributed by atoms with Crippen LogP contribution >= 0.6 is 27.7 Å². The van der Waals surface area contributed by atoms with E-state index in [4.69, 9.17) is 4.74 Å². The number of hydrogen-bond donors (Lipinski definition) is 1. The van der Waals surface area contributed by atoms with Crippen LogP contribution in [0.25, 0.3) is 10.8 Å². The van der Waals surface area contributed by atoms with Crippen molar-refractivity contribution in [1.82, 2.24) is 5.32 Å². The maximum Gasteiger partial charge on any atom is 0.257 e. The monoisotopic (exact) mass is 443 g/mol. The van der Waals surface area contributed by atoms with Gasteiger partial charge in [0.05, 0.1) is 4.47 Å². The van der Waals surface area contributed by atoms with Gasteiger partial charge in [0.2, 0.25) is 0 Å². The fraction of sp³-hybridized carbons (Fsp3) is 0.227. The number of ether oxygens (including phenoxy) is 1. The van der Waals surface area contributed by atoms with Crippen molar-refractivity contribution < 1.29 is 9.53 Å². The van der Waals surface area contributed by atoms with Gasteiger partial charge in [-0.05, 0) is 50.8 Å². The molecule has 0 spiro atoms. The topological polar surface area (TPSA) is 38.3 Å². The number of amides is 1. The minimum atomic E-state index is -0.105. The van der Waals surface area contributed by atoms with Gasteiger partial charge in [-0.15, -0.1) is 0 Å². The summed E-state index contributed by atoms with van der Waals surface area (Å²) in [6, 6.07) is 20.3. The highest BCUT2D eigenvalue weighted by Crippen LogP contribution is 2.32. The molecule has 0 unspecified atom stereocenters. The molecule has 140 valence electrons. The number of fused-ring (bicyclic) bond motifs is 1. The molecule has 0 bridgehead atoms. The molecule has 3 aromatic carbocycles. The van der Waals surface area contributed by atoms with Crippen molar-refractivity contribution in [3.63, 3.8) is 0 Å². The molecular formula is C22H22BrNO2S. The molecule has 5 heteroatoms. The first kappa shape index (κ1) is 19.8. The van der Waals surface area contributed by atoms with Crippen LogP contribution in [0.5, 0.6) is 5.75 Å². The van der Waals surface area contributed by atoms with Crippen molar-refractivity contribution in [2.75, 3.05) is 18.9 Å². The Kier molecular flexibility index (Phi) is 7.18. The summed E-state index contributed by atoms with van der Waals surface area (Å²) in [6.07, 6.45) is 0. The predicted molar refractivity (Wildman–Crippen MR) is 117 cm³/mol. The SMILES string of the molecule is Cc1ccccc1CSCCNC(=O)COc1ccc2ccccc2c1Br. The summed E-state index contributed by atoms with van der Waals surface area (Å²) in [7, 11) is 0. The maximum atomic E-state index is 12.0. The van der Waals surface area contributed by atoms with Gasteiger partial charge in [0, 0.05) is 18.1 Å². The van der Waals surface area contributed by atoms with Crippen LogP contribution in [0, 0.1) is 6.92 Å². The van der Waals surface area contributed by atoms with Crippen molar-refractivity contribution in [1.29, 1.82) is 0 Å². The molecule has 0 saturated heterocycles. The van der Waals surface area contributed by atoms with E-state index >= 15 is 0 Å². The molecule has 1 amide bonds. The molecule has 0 aliphatic heterocycles. The third kappa shape index (κ3) is 5.50. The third-order valence-corrected chi connectivity index (χ3v) is 6.10. The molecule has 3 aromatic rings. The summed E-state index contributed by atoms with van der Waals surface area (Å²) >= 11 is 5.39. The smallest absolute Gasteiger partial charge is 0.257 e. The van der Waals surface area contributed by atoms with Gasteiger partial charge in [-0.3, -0.25) is 4.79 Å². The van der Waals surface area contributed by atoms with Crippen LogP contribution in [0.1, 0.15) is 11.1 Å². The van der Waals surface area contributed by atoms with Crippen molar-refractivity contribution in [3.8, 4) is 5.75 Å². The summed E-state index contributed by atoms with van der Waals surface area (Å²) in [6.45, 7) is 2.77. The van der Waals surface area contributed by atoms with Gasteiger partial charge in [-0.25, -0.2) is 0 Å². The Morgan fingerprint density at radius 2 is 1.85 bits per heavy atom. The lowest BCUT2D eigenvalue weighted by Gasteiger charge is -2.11. The molecule has 0 heterocycles. The van der Waals surface area contributed by atoms with E-state index in [2.05, 4.69) is 52.4 Å². The number of carbonyl (C=O) groups is 1. The Balaban J connectivity index is 1.40. The van der Waals surface area contributed by atoms with E-state index in [1.807, 2.05) is 48.2 Å². The van der Waals surface area contributed by atoms with Crippen LogP contribution in [-0.4, -0.2) is 24.8 Å². The van der Waals surface area contributed by atoms with Crippen molar-refractivity contribution >= 4 is 44.4 Å². The summed E-state index contributed by atoms with van der Waals surface area (Å²) in [4.78, 5) is 12.0. The molecule has 0 radical (unpaired) electrons. The Bertz CT molecular complexity index is 929. The van der Waals surface area contributed by atoms with E-state index in [0.29, 0.717) is 12.3 Å². The Morgan fingerprint density at radius 3 is 2.70 bits per heavy atom. The molecule has 0 saturated carbocycles. The fourth-order valence-electron chi connectivity index (χ4n) is 2.74. The molecule has 0 fully saturated rings. The number of thioether (sulfide) groups is 1. The molecule has 3 rings (SSSR count). The Hall–Kier alpha value is -1.98. The van der Waals surface area contributed by atoms with Gasteiger partial charge in [-0.2, -0.15) is 11.8 Å². The Labute approximate surface area is 172 Å². The predicted octanol–water partition coefficient (Wildman–Crippen LogP) is 5.34. The van der Waals surface area contributed by atoms with E-state index in [-0.39, 0.29) is 12.5 Å². The van der Waals surface area contributed by atoms with E-state index in [1.165, 1.54) is 11.1 Å². The lowest BCUT2D eigenvalue weighted by Crippen LogP contribution is -2.30. The number of hydrogen-bond acceptors (Lipinski definition) is 3. The van der Waals surface area contributed by atoms with Crippen molar-refractivity contribution in [2.24, 2.45) is 0 Å². The minimum absolute atomic E-state index is 0.0133. The zero-order chi connectivity index (χ0) is 19.1. The lowest BCUT2D eigenvalue weighted by atomic mass is 10.1. The first-order valence-electron chi connectivity index (χ1n) is 8.84. The molecule has 0 atom stereocenters. The molecule has 27 heavy (non-hydrogen) atoms. The molecule has 0 aliphatic carbocycles. The highest BCUT2D eigenvalue weighted by molar-refractivity contribution is 9.10. The van der Waals surface area contributed by atoms with Crippen LogP contribution in [0.15, 0.2) is 65.1 Å². The summed E-state index contributed by atoms with van der Waals surface area (Å²) in [5.74, 6) is 2.41. The van der Waals surface area contributed by atoms with Gasteiger partial charge >= 0.3 is 0 Å². The van der Waals surface area contributed by atoms with E-state index in [0.717, 1.165) is 26.8 Å². The summed E-state index contributed by atoms with van der Waals surface area (Å²) in [5.41, 5.74) is 2.65. The molecule has 1 N–H and O–H groups in total. The number of benzene rings is 3. The summed E-state index contributed by atoms with van der Waals surface area (Å²) < 4.78 is 6.56. The van der Waals surface area contributed by atoms with Crippen LogP contribution in [0.2, 0.25) is 0 Å². The minimum Gasteiger partial charge on any atom is -0.483 e. The number of halogens is 1. The second-order valence-corrected chi connectivity index (χ2v) is 8.11. The molecule has 3 nitrogen and oxygen atoms in total. The standard InChI is InChI=1S/C22H22BrNO2S/c1-16-6-2-3-8-18(16)15-27-13-12-24-21(25)14-26-20-11-10-17-7-4-5-9-19(17)22(20)23/h2-11H,12-15H2,1H3,(H,24,25). The Morgan fingerprint density at radius 1 is 1.07 bits per heavy atom. The number of rotatable bonds is 8. The highest BCUT2D eigenvalue weighted by atomic mass is 79.9. The zero-order valence-corrected chi connectivity index (χ0v) is 17.6. The van der Waals surface area contributed by atoms with Gasteiger partial charge in [0.1, 0.15) is 5.75 Å². The van der Waals surface area contributed by atoms with Crippen LogP contribution < -0.4 is 10.1 Å². The fourth-order valence-corrected chi connectivity index (χ4v) is 4.28. The maximum absolute atomic E-state index is 12.0. The number of nitrogens with one attached hydrogen (secondary N) is 1. The van der Waals surface area contributed by atoms with E-state index in [1.54, 1.807) is 0 Å². The summed E-state index contributed by atoms with van der Waals surface area (Å²) in [5, 5.41) is 5.11. The van der Waals surface area contributed by atoms with Crippen LogP contribution in [-0.2, 0) is 10.5 Å². The second kappa shape index (κ2) is 9.81. The number of aryl methyl sites for hydroxylation is 1. The van der Waals surface area contributed by atoms with Crippen LogP contribution in [0.3, 0.4) is 0 Å².